The number of nitrogens with zero attached hydrogens (tertiary/aromatic N) is 4. The first-order valence-electron chi connectivity index (χ1n) is 13.8. The van der Waals surface area contributed by atoms with Crippen LogP contribution in [0.4, 0.5) is 19.0 Å². The van der Waals surface area contributed by atoms with Crippen LogP contribution in [-0.4, -0.2) is 52.8 Å². The van der Waals surface area contributed by atoms with Gasteiger partial charge in [-0.05, 0) is 55.2 Å². The summed E-state index contributed by atoms with van der Waals surface area (Å²) in [5.41, 5.74) is 0.783. The SMILES string of the molecule is COc1cc2nccc(Oc3ccc(NC(=O)c4nn(-c5ccc(OC(F)(F)F)cc5Cl)cc4OCC4CC4)nc3)c2cc1OC. The van der Waals surface area contributed by atoms with Crippen molar-refractivity contribution in [1.29, 1.82) is 0 Å². The minimum atomic E-state index is -4.87. The fraction of sp³-hybridized carbons (Fsp3) is 0.226. The number of rotatable bonds is 11. The number of benzene rings is 2. The van der Waals surface area contributed by atoms with Gasteiger partial charge in [-0.25, -0.2) is 9.67 Å². The third-order valence-corrected chi connectivity index (χ3v) is 7.18. The predicted molar refractivity (Wildman–Crippen MR) is 161 cm³/mol. The van der Waals surface area contributed by atoms with Gasteiger partial charge in [0.25, 0.3) is 5.91 Å². The number of carbonyl (C=O) groups is 1. The summed E-state index contributed by atoms with van der Waals surface area (Å²) in [6, 6.07) is 11.8. The summed E-state index contributed by atoms with van der Waals surface area (Å²) in [4.78, 5) is 22.0. The van der Waals surface area contributed by atoms with Crippen molar-refractivity contribution < 1.29 is 41.7 Å². The first-order chi connectivity index (χ1) is 22.1. The normalized spacial score (nSPS) is 12.9. The number of carbonyl (C=O) groups excluding carboxylic acids is 1. The number of fused-ring (bicyclic) bond motifs is 1. The van der Waals surface area contributed by atoms with Crippen molar-refractivity contribution in [1.82, 2.24) is 19.7 Å². The number of nitrogens with one attached hydrogen (secondary N) is 1. The van der Waals surface area contributed by atoms with Crippen LogP contribution < -0.4 is 29.0 Å². The molecule has 0 unspecified atom stereocenters. The van der Waals surface area contributed by atoms with Crippen molar-refractivity contribution in [2.24, 2.45) is 5.92 Å². The number of ether oxygens (including phenoxy) is 5. The average Bonchev–Trinajstić information content (AvgIpc) is 3.76. The van der Waals surface area contributed by atoms with Crippen molar-refractivity contribution in [2.75, 3.05) is 26.1 Å². The van der Waals surface area contributed by atoms with Crippen LogP contribution in [0.1, 0.15) is 23.3 Å². The summed E-state index contributed by atoms with van der Waals surface area (Å²) in [5, 5.41) is 7.62. The summed E-state index contributed by atoms with van der Waals surface area (Å²) < 4.78 is 65.8. The number of alkyl halides is 3. The standard InChI is InChI=1S/C31H25ClF3N5O6/c1-42-25-12-20-22(13-26(25)43-2)36-10-9-24(20)45-19-6-8-28(37-14-19)38-30(41)29-27(44-16-17-3-4-17)15-40(39-29)23-7-5-18(11-21(23)32)46-31(33,34)35/h5-15,17H,3-4,16H2,1-2H3,(H,37,38,41). The maximum atomic E-state index is 13.3. The zero-order chi connectivity index (χ0) is 32.4. The molecule has 0 saturated heterocycles. The molecule has 2 aromatic carbocycles. The van der Waals surface area contributed by atoms with Crippen molar-refractivity contribution in [3.63, 3.8) is 0 Å². The lowest BCUT2D eigenvalue weighted by molar-refractivity contribution is -0.274. The van der Waals surface area contributed by atoms with Crippen molar-refractivity contribution in [3.05, 3.63) is 77.8 Å². The highest BCUT2D eigenvalue weighted by atomic mass is 35.5. The highest BCUT2D eigenvalue weighted by Crippen LogP contribution is 2.37. The van der Waals surface area contributed by atoms with Crippen LogP contribution in [0.5, 0.6) is 34.5 Å². The van der Waals surface area contributed by atoms with E-state index in [0.29, 0.717) is 46.4 Å². The van der Waals surface area contributed by atoms with Crippen LogP contribution in [0, 0.1) is 5.92 Å². The maximum absolute atomic E-state index is 13.3. The third-order valence-electron chi connectivity index (χ3n) is 6.88. The lowest BCUT2D eigenvalue weighted by atomic mass is 10.2. The number of methoxy groups -OCH3 is 2. The maximum Gasteiger partial charge on any atom is 0.573 e. The molecule has 15 heteroatoms. The van der Waals surface area contributed by atoms with Gasteiger partial charge in [0.2, 0.25) is 0 Å². The second kappa shape index (κ2) is 12.6. The third kappa shape index (κ3) is 7.01. The molecule has 0 radical (unpaired) electrons. The number of hydrogen-bond donors (Lipinski definition) is 1. The molecule has 0 aliphatic heterocycles. The molecular weight excluding hydrogens is 631 g/mol. The smallest absolute Gasteiger partial charge is 0.493 e. The predicted octanol–water partition coefficient (Wildman–Crippen LogP) is 7.22. The van der Waals surface area contributed by atoms with Crippen molar-refractivity contribution >= 4 is 34.2 Å². The molecule has 1 aliphatic carbocycles. The van der Waals surface area contributed by atoms with E-state index in [1.165, 1.54) is 37.4 Å². The van der Waals surface area contributed by atoms with E-state index in [4.69, 9.17) is 30.5 Å². The number of pyridine rings is 2. The molecule has 0 atom stereocenters. The zero-order valence-corrected chi connectivity index (χ0v) is 25.1. The Kier molecular flexibility index (Phi) is 8.45. The second-order valence-electron chi connectivity index (χ2n) is 10.2. The lowest BCUT2D eigenvalue weighted by Crippen LogP contribution is -2.17. The van der Waals surface area contributed by atoms with E-state index in [0.717, 1.165) is 25.0 Å². The Labute approximate surface area is 264 Å². The van der Waals surface area contributed by atoms with Gasteiger partial charge in [0.1, 0.15) is 23.1 Å². The van der Waals surface area contributed by atoms with E-state index in [1.807, 2.05) is 0 Å². The Bertz CT molecular complexity index is 1900. The minimum absolute atomic E-state index is 0.0675. The first kappa shape index (κ1) is 30.8. The number of amides is 1. The van der Waals surface area contributed by atoms with Gasteiger partial charge in [-0.2, -0.15) is 5.10 Å². The van der Waals surface area contributed by atoms with Gasteiger partial charge in [-0.3, -0.25) is 9.78 Å². The largest absolute Gasteiger partial charge is 0.573 e. The molecule has 1 saturated carbocycles. The molecule has 3 heterocycles. The van der Waals surface area contributed by atoms with Crippen LogP contribution in [0.15, 0.2) is 67.1 Å². The number of anilines is 1. The molecule has 238 valence electrons. The van der Waals surface area contributed by atoms with Gasteiger partial charge < -0.3 is 29.0 Å². The molecule has 1 amide bonds. The molecule has 6 rings (SSSR count). The van der Waals surface area contributed by atoms with Gasteiger partial charge in [0.15, 0.2) is 22.9 Å². The average molecular weight is 656 g/mol. The Balaban J connectivity index is 1.20. The van der Waals surface area contributed by atoms with E-state index >= 15 is 0 Å². The van der Waals surface area contributed by atoms with Crippen LogP contribution in [0.3, 0.4) is 0 Å². The summed E-state index contributed by atoms with van der Waals surface area (Å²) in [7, 11) is 3.08. The quantitative estimate of drug-likeness (QED) is 0.157. The summed E-state index contributed by atoms with van der Waals surface area (Å²) >= 11 is 6.25. The molecule has 0 bridgehead atoms. The van der Waals surface area contributed by atoms with E-state index in [1.54, 1.807) is 36.5 Å². The summed E-state index contributed by atoms with van der Waals surface area (Å²) in [6.07, 6.45) is 1.63. The molecular formula is C31H25ClF3N5O6. The molecule has 0 spiro atoms. The van der Waals surface area contributed by atoms with Gasteiger partial charge in [-0.1, -0.05) is 11.6 Å². The number of aromatic nitrogens is 4. The van der Waals surface area contributed by atoms with Gasteiger partial charge in [0, 0.05) is 23.7 Å². The molecule has 3 aromatic heterocycles. The summed E-state index contributed by atoms with van der Waals surface area (Å²) in [6.45, 7) is 0.380. The Hall–Kier alpha value is -5.24. The zero-order valence-electron chi connectivity index (χ0n) is 24.3. The monoisotopic (exact) mass is 655 g/mol. The molecule has 1 fully saturated rings. The molecule has 1 N–H and O–H groups in total. The highest BCUT2D eigenvalue weighted by Gasteiger charge is 2.31. The number of hydrogen-bond acceptors (Lipinski definition) is 9. The van der Waals surface area contributed by atoms with E-state index < -0.39 is 18.0 Å². The van der Waals surface area contributed by atoms with Crippen LogP contribution in [-0.2, 0) is 0 Å². The Morgan fingerprint density at radius 1 is 0.978 bits per heavy atom. The van der Waals surface area contributed by atoms with Gasteiger partial charge in [0.05, 0.1) is 49.4 Å². The highest BCUT2D eigenvalue weighted by molar-refractivity contribution is 6.32. The van der Waals surface area contributed by atoms with Crippen molar-refractivity contribution in [2.45, 2.75) is 19.2 Å². The van der Waals surface area contributed by atoms with E-state index in [9.17, 15) is 18.0 Å². The van der Waals surface area contributed by atoms with Crippen molar-refractivity contribution in [3.8, 4) is 40.2 Å². The van der Waals surface area contributed by atoms with Gasteiger partial charge >= 0.3 is 6.36 Å². The topological polar surface area (TPSA) is 119 Å². The minimum Gasteiger partial charge on any atom is -0.493 e. The fourth-order valence-electron chi connectivity index (χ4n) is 4.46. The Morgan fingerprint density at radius 3 is 2.41 bits per heavy atom. The lowest BCUT2D eigenvalue weighted by Gasteiger charge is -2.12. The molecule has 1 aliphatic rings. The van der Waals surface area contributed by atoms with E-state index in [2.05, 4.69) is 25.1 Å². The molecule has 46 heavy (non-hydrogen) atoms. The Morgan fingerprint density at radius 2 is 1.74 bits per heavy atom. The second-order valence-corrected chi connectivity index (χ2v) is 10.6. The first-order valence-corrected chi connectivity index (χ1v) is 14.2. The molecule has 11 nitrogen and oxygen atoms in total. The van der Waals surface area contributed by atoms with Crippen LogP contribution in [0.25, 0.3) is 16.6 Å². The van der Waals surface area contributed by atoms with E-state index in [-0.39, 0.29) is 28.0 Å². The van der Waals surface area contributed by atoms with Gasteiger partial charge in [-0.15, -0.1) is 13.2 Å². The van der Waals surface area contributed by atoms with Crippen LogP contribution >= 0.6 is 11.6 Å². The number of halogens is 4. The van der Waals surface area contributed by atoms with Crippen LogP contribution in [0.2, 0.25) is 5.02 Å². The molecule has 5 aromatic rings. The summed E-state index contributed by atoms with van der Waals surface area (Å²) in [5.74, 6) is 1.58. The fourth-order valence-corrected chi connectivity index (χ4v) is 4.72.